The van der Waals surface area contributed by atoms with Gasteiger partial charge in [0, 0.05) is 26.7 Å². The van der Waals surface area contributed by atoms with Crippen molar-refractivity contribution >= 4 is 45.6 Å². The zero-order valence-electron chi connectivity index (χ0n) is 15.5. The molecule has 0 bridgehead atoms. The third-order valence-corrected chi connectivity index (χ3v) is 4.74. The van der Waals surface area contributed by atoms with Crippen LogP contribution in [-0.2, 0) is 16.2 Å². The van der Waals surface area contributed by atoms with Crippen molar-refractivity contribution < 1.29 is 14.3 Å². The Bertz CT molecular complexity index is 874. The maximum atomic E-state index is 11.8. The molecule has 0 aliphatic heterocycles. The smallest absolute Gasteiger partial charge is 0.329 e. The van der Waals surface area contributed by atoms with Gasteiger partial charge in [-0.1, -0.05) is 52.7 Å². The lowest BCUT2D eigenvalue weighted by Gasteiger charge is -2.11. The van der Waals surface area contributed by atoms with Crippen LogP contribution in [0, 0.1) is 0 Å². The van der Waals surface area contributed by atoms with Gasteiger partial charge >= 0.3 is 11.8 Å². The summed E-state index contributed by atoms with van der Waals surface area (Å²) in [6.07, 6.45) is 2.15. The standard InChI is InChI=1S/C20H21BrClN3O3/c1-3-13(2)24-19(26)20(27)25-23-11-15-10-16(21)8-9-18(15)28-12-14-6-4-5-7-17(14)22/h4-11,13H,3,12H2,1-2H3,(H,24,26)(H,25,27)/b23-11-/t13-/m1/s1. The molecule has 1 atom stereocenters. The molecule has 0 saturated carbocycles. The van der Waals surface area contributed by atoms with Crippen molar-refractivity contribution in [2.75, 3.05) is 0 Å². The lowest BCUT2D eigenvalue weighted by molar-refractivity contribution is -0.139. The Labute approximate surface area is 177 Å². The van der Waals surface area contributed by atoms with E-state index in [1.807, 2.05) is 38.1 Å². The van der Waals surface area contributed by atoms with Gasteiger partial charge in [0.15, 0.2) is 0 Å². The van der Waals surface area contributed by atoms with Crippen LogP contribution in [0.4, 0.5) is 0 Å². The number of benzene rings is 2. The van der Waals surface area contributed by atoms with Crippen molar-refractivity contribution in [3.05, 3.63) is 63.1 Å². The zero-order chi connectivity index (χ0) is 20.5. The van der Waals surface area contributed by atoms with Crippen LogP contribution in [0.2, 0.25) is 5.02 Å². The first-order valence-electron chi connectivity index (χ1n) is 8.70. The number of nitrogens with one attached hydrogen (secondary N) is 2. The number of rotatable bonds is 7. The van der Waals surface area contributed by atoms with Crippen LogP contribution in [0.25, 0.3) is 0 Å². The Hall–Kier alpha value is -2.38. The monoisotopic (exact) mass is 465 g/mol. The molecule has 0 radical (unpaired) electrons. The van der Waals surface area contributed by atoms with E-state index in [9.17, 15) is 9.59 Å². The van der Waals surface area contributed by atoms with Crippen LogP contribution < -0.4 is 15.5 Å². The van der Waals surface area contributed by atoms with E-state index in [1.54, 1.807) is 18.2 Å². The van der Waals surface area contributed by atoms with E-state index in [4.69, 9.17) is 16.3 Å². The van der Waals surface area contributed by atoms with Crippen LogP contribution in [0.3, 0.4) is 0 Å². The number of carbonyl (C=O) groups excluding carboxylic acids is 2. The van der Waals surface area contributed by atoms with Crippen molar-refractivity contribution in [1.29, 1.82) is 0 Å². The summed E-state index contributed by atoms with van der Waals surface area (Å²) in [7, 11) is 0. The van der Waals surface area contributed by atoms with Gasteiger partial charge in [-0.25, -0.2) is 5.43 Å². The second-order valence-corrected chi connectivity index (χ2v) is 7.37. The average Bonchev–Trinajstić information content (AvgIpc) is 2.68. The largest absolute Gasteiger partial charge is 0.488 e. The number of ether oxygens (including phenoxy) is 1. The van der Waals surface area contributed by atoms with Gasteiger partial charge in [-0.2, -0.15) is 5.10 Å². The summed E-state index contributed by atoms with van der Waals surface area (Å²) in [6.45, 7) is 4.02. The lowest BCUT2D eigenvalue weighted by atomic mass is 10.2. The molecule has 2 rings (SSSR count). The molecule has 148 valence electrons. The number of hydrogen-bond donors (Lipinski definition) is 2. The molecule has 2 amide bonds. The van der Waals surface area contributed by atoms with E-state index in [1.165, 1.54) is 6.21 Å². The van der Waals surface area contributed by atoms with Crippen molar-refractivity contribution in [2.45, 2.75) is 32.9 Å². The first-order chi connectivity index (χ1) is 13.4. The summed E-state index contributed by atoms with van der Waals surface area (Å²) < 4.78 is 6.66. The summed E-state index contributed by atoms with van der Waals surface area (Å²) in [6, 6.07) is 12.7. The summed E-state index contributed by atoms with van der Waals surface area (Å²) in [5.41, 5.74) is 3.70. The van der Waals surface area contributed by atoms with Crippen molar-refractivity contribution in [3.8, 4) is 5.75 Å². The van der Waals surface area contributed by atoms with E-state index in [0.717, 1.165) is 16.5 Å². The highest BCUT2D eigenvalue weighted by Gasteiger charge is 2.14. The topological polar surface area (TPSA) is 79.8 Å². The van der Waals surface area contributed by atoms with Gasteiger partial charge in [-0.3, -0.25) is 9.59 Å². The van der Waals surface area contributed by atoms with Crippen LogP contribution in [0.1, 0.15) is 31.4 Å². The fraction of sp³-hybridized carbons (Fsp3) is 0.250. The van der Waals surface area contributed by atoms with Gasteiger partial charge in [0.2, 0.25) is 0 Å². The fourth-order valence-electron chi connectivity index (χ4n) is 2.13. The maximum Gasteiger partial charge on any atom is 0.329 e. The Morgan fingerprint density at radius 3 is 2.71 bits per heavy atom. The predicted octanol–water partition coefficient (Wildman–Crippen LogP) is 4.05. The van der Waals surface area contributed by atoms with Gasteiger partial charge in [-0.05, 0) is 37.6 Å². The molecule has 0 fully saturated rings. The second kappa shape index (κ2) is 10.8. The first-order valence-corrected chi connectivity index (χ1v) is 9.87. The Kier molecular flexibility index (Phi) is 8.47. The minimum absolute atomic E-state index is 0.0860. The molecule has 0 aliphatic rings. The Morgan fingerprint density at radius 1 is 1.25 bits per heavy atom. The van der Waals surface area contributed by atoms with E-state index < -0.39 is 11.8 Å². The molecule has 28 heavy (non-hydrogen) atoms. The Morgan fingerprint density at radius 2 is 2.00 bits per heavy atom. The van der Waals surface area contributed by atoms with E-state index in [2.05, 4.69) is 31.8 Å². The number of halogens is 2. The molecule has 8 heteroatoms. The molecule has 6 nitrogen and oxygen atoms in total. The quantitative estimate of drug-likeness (QED) is 0.367. The highest BCUT2D eigenvalue weighted by molar-refractivity contribution is 9.10. The number of hydrogen-bond acceptors (Lipinski definition) is 4. The molecule has 2 aromatic carbocycles. The molecule has 0 saturated heterocycles. The normalized spacial score (nSPS) is 11.9. The van der Waals surface area contributed by atoms with Crippen LogP contribution in [-0.4, -0.2) is 24.1 Å². The third kappa shape index (κ3) is 6.65. The fourth-order valence-corrected chi connectivity index (χ4v) is 2.69. The van der Waals surface area contributed by atoms with Crippen LogP contribution >= 0.6 is 27.5 Å². The molecule has 0 heterocycles. The molecule has 0 unspecified atom stereocenters. The van der Waals surface area contributed by atoms with E-state index in [-0.39, 0.29) is 12.6 Å². The van der Waals surface area contributed by atoms with Gasteiger partial charge in [0.1, 0.15) is 12.4 Å². The summed E-state index contributed by atoms with van der Waals surface area (Å²) in [4.78, 5) is 23.5. The second-order valence-electron chi connectivity index (χ2n) is 6.04. The molecule has 0 spiro atoms. The maximum absolute atomic E-state index is 11.8. The SMILES string of the molecule is CC[C@@H](C)NC(=O)C(=O)N/N=C\c1cc(Br)ccc1OCc1ccccc1Cl. The van der Waals surface area contributed by atoms with Crippen molar-refractivity contribution in [1.82, 2.24) is 10.7 Å². The van der Waals surface area contributed by atoms with E-state index >= 15 is 0 Å². The van der Waals surface area contributed by atoms with Crippen LogP contribution in [0.5, 0.6) is 5.75 Å². The van der Waals surface area contributed by atoms with E-state index in [0.29, 0.717) is 16.3 Å². The zero-order valence-corrected chi connectivity index (χ0v) is 17.9. The average molecular weight is 467 g/mol. The minimum atomic E-state index is -0.829. The van der Waals surface area contributed by atoms with Crippen molar-refractivity contribution in [2.24, 2.45) is 5.10 Å². The molecule has 0 aromatic heterocycles. The first kappa shape index (κ1) is 21.9. The van der Waals surface area contributed by atoms with Crippen molar-refractivity contribution in [3.63, 3.8) is 0 Å². The summed E-state index contributed by atoms with van der Waals surface area (Å²) in [5.74, 6) is -0.994. The summed E-state index contributed by atoms with van der Waals surface area (Å²) in [5, 5.41) is 7.05. The lowest BCUT2D eigenvalue weighted by Crippen LogP contribution is -2.41. The van der Waals surface area contributed by atoms with Gasteiger partial charge in [0.05, 0.1) is 6.21 Å². The van der Waals surface area contributed by atoms with Gasteiger partial charge in [0.25, 0.3) is 0 Å². The molecular formula is C20H21BrClN3O3. The number of nitrogens with zero attached hydrogens (tertiary/aromatic N) is 1. The highest BCUT2D eigenvalue weighted by Crippen LogP contribution is 2.24. The number of amides is 2. The molecule has 0 aliphatic carbocycles. The van der Waals surface area contributed by atoms with Gasteiger partial charge in [-0.15, -0.1) is 0 Å². The van der Waals surface area contributed by atoms with Gasteiger partial charge < -0.3 is 10.1 Å². The van der Waals surface area contributed by atoms with Crippen LogP contribution in [0.15, 0.2) is 52.0 Å². The number of carbonyl (C=O) groups is 2. The third-order valence-electron chi connectivity index (χ3n) is 3.88. The number of hydrazone groups is 1. The minimum Gasteiger partial charge on any atom is -0.488 e. The molecule has 2 N–H and O–H groups in total. The summed E-state index contributed by atoms with van der Waals surface area (Å²) >= 11 is 9.54. The molecule has 2 aromatic rings. The Balaban J connectivity index is 2.03. The highest BCUT2D eigenvalue weighted by atomic mass is 79.9. The predicted molar refractivity (Wildman–Crippen MR) is 114 cm³/mol. The molecular weight excluding hydrogens is 446 g/mol.